The molecule has 0 amide bonds. The van der Waals surface area contributed by atoms with E-state index in [1.807, 2.05) is 42.5 Å². The van der Waals surface area contributed by atoms with Gasteiger partial charge in [-0.3, -0.25) is 4.79 Å². The molecule has 0 spiro atoms. The Labute approximate surface area is 290 Å². The van der Waals surface area contributed by atoms with Crippen molar-refractivity contribution in [3.05, 3.63) is 121 Å². The third-order valence-corrected chi connectivity index (χ3v) is 14.5. The summed E-state index contributed by atoms with van der Waals surface area (Å²) in [5, 5.41) is 2.34. The number of carbonyl (C=O) groups excluding carboxylic acids is 1. The molecule has 1 aliphatic rings. The van der Waals surface area contributed by atoms with E-state index in [9.17, 15) is 4.79 Å². The zero-order valence-corrected chi connectivity index (χ0v) is 30.7. The van der Waals surface area contributed by atoms with E-state index in [1.54, 1.807) is 0 Å². The van der Waals surface area contributed by atoms with E-state index in [2.05, 4.69) is 105 Å². The smallest absolute Gasteiger partial charge is 0.308 e. The molecular formula is C39H49IO5Si. The number of rotatable bonds is 16. The van der Waals surface area contributed by atoms with Crippen LogP contribution in [0.4, 0.5) is 0 Å². The van der Waals surface area contributed by atoms with Gasteiger partial charge in [-0.15, -0.1) is 0 Å². The lowest BCUT2D eigenvalue weighted by atomic mass is 9.97. The van der Waals surface area contributed by atoms with Gasteiger partial charge in [0.05, 0.1) is 31.8 Å². The third-order valence-electron chi connectivity index (χ3n) is 8.41. The molecule has 0 aliphatic carbocycles. The molecular weight excluding hydrogens is 703 g/mol. The summed E-state index contributed by atoms with van der Waals surface area (Å²) in [5.74, 6) is -0.264. The first kappa shape index (κ1) is 36.3. The number of hydrogen-bond donors (Lipinski definition) is 0. The molecule has 0 N–H and O–H groups in total. The molecule has 1 aliphatic heterocycles. The van der Waals surface area contributed by atoms with Gasteiger partial charge in [0.25, 0.3) is 8.32 Å². The minimum Gasteiger partial charge on any atom is -0.462 e. The third kappa shape index (κ3) is 10.2. The van der Waals surface area contributed by atoms with E-state index >= 15 is 0 Å². The van der Waals surface area contributed by atoms with Crippen LogP contribution in [0.15, 0.2) is 115 Å². The Morgan fingerprint density at radius 3 is 2.07 bits per heavy atom. The molecule has 0 saturated carbocycles. The lowest BCUT2D eigenvalue weighted by Gasteiger charge is -2.43. The largest absolute Gasteiger partial charge is 0.462 e. The molecule has 7 heteroatoms. The lowest BCUT2D eigenvalue weighted by Crippen LogP contribution is -2.66. The molecule has 1 fully saturated rings. The Kier molecular flexibility index (Phi) is 13.8. The summed E-state index contributed by atoms with van der Waals surface area (Å²) in [5.41, 5.74) is 3.24. The van der Waals surface area contributed by atoms with Gasteiger partial charge in [0.1, 0.15) is 6.10 Å². The van der Waals surface area contributed by atoms with Gasteiger partial charge >= 0.3 is 5.97 Å². The lowest BCUT2D eigenvalue weighted by molar-refractivity contribution is -0.156. The first-order chi connectivity index (χ1) is 22.1. The second-order valence-electron chi connectivity index (χ2n) is 13.2. The van der Waals surface area contributed by atoms with Crippen molar-refractivity contribution < 1.29 is 23.4 Å². The summed E-state index contributed by atoms with van der Waals surface area (Å²) < 4.78 is 26.3. The van der Waals surface area contributed by atoms with Crippen molar-refractivity contribution in [2.45, 2.75) is 82.8 Å². The molecule has 5 nitrogen and oxygen atoms in total. The van der Waals surface area contributed by atoms with Gasteiger partial charge in [-0.25, -0.2) is 0 Å². The van der Waals surface area contributed by atoms with Crippen molar-refractivity contribution in [2.24, 2.45) is 0 Å². The maximum absolute atomic E-state index is 13.3. The second-order valence-corrected chi connectivity index (χ2v) is 18.3. The molecule has 1 saturated heterocycles. The van der Waals surface area contributed by atoms with Crippen LogP contribution in [0.1, 0.15) is 58.4 Å². The van der Waals surface area contributed by atoms with Crippen LogP contribution in [0.25, 0.3) is 0 Å². The van der Waals surface area contributed by atoms with Crippen LogP contribution in [0.5, 0.6) is 0 Å². The number of hydrogen-bond acceptors (Lipinski definition) is 5. The predicted octanol–water partition coefficient (Wildman–Crippen LogP) is 7.96. The van der Waals surface area contributed by atoms with Gasteiger partial charge in [-0.2, -0.15) is 0 Å². The number of esters is 1. The molecule has 3 aromatic carbocycles. The van der Waals surface area contributed by atoms with E-state index in [0.717, 1.165) is 27.6 Å². The highest BCUT2D eigenvalue weighted by atomic mass is 127. The average molecular weight is 753 g/mol. The van der Waals surface area contributed by atoms with Crippen LogP contribution >= 0.6 is 22.6 Å². The van der Waals surface area contributed by atoms with Crippen molar-refractivity contribution in [1.82, 2.24) is 0 Å². The number of carbonyl (C=O) groups is 1. The highest BCUT2D eigenvalue weighted by Gasteiger charge is 2.50. The number of alkyl halides is 1. The Balaban J connectivity index is 1.40. The minimum absolute atomic E-state index is 0.128. The van der Waals surface area contributed by atoms with E-state index in [4.69, 9.17) is 18.6 Å². The van der Waals surface area contributed by atoms with Crippen LogP contribution < -0.4 is 10.4 Å². The normalized spacial score (nSPS) is 17.8. The Bertz CT molecular complexity index is 1350. The Morgan fingerprint density at radius 2 is 1.50 bits per heavy atom. The fraction of sp³-hybridized carbons (Fsp3) is 0.410. The van der Waals surface area contributed by atoms with Crippen molar-refractivity contribution in [2.75, 3.05) is 17.6 Å². The summed E-state index contributed by atoms with van der Waals surface area (Å²) in [6.45, 7) is 16.7. The summed E-state index contributed by atoms with van der Waals surface area (Å²) >= 11 is 2.31. The van der Waals surface area contributed by atoms with Crippen molar-refractivity contribution in [1.29, 1.82) is 0 Å². The van der Waals surface area contributed by atoms with Gasteiger partial charge in [-0.05, 0) is 33.8 Å². The maximum atomic E-state index is 13.3. The molecule has 0 bridgehead atoms. The first-order valence-electron chi connectivity index (χ1n) is 16.2. The number of benzene rings is 3. The minimum atomic E-state index is -2.69. The molecule has 3 atom stereocenters. The number of halogens is 1. The van der Waals surface area contributed by atoms with Crippen LogP contribution in [-0.4, -0.2) is 50.2 Å². The van der Waals surface area contributed by atoms with Crippen molar-refractivity contribution >= 4 is 47.3 Å². The molecule has 3 aromatic rings. The fourth-order valence-corrected chi connectivity index (χ4v) is 11.2. The van der Waals surface area contributed by atoms with Crippen LogP contribution in [0.2, 0.25) is 5.04 Å². The van der Waals surface area contributed by atoms with Crippen molar-refractivity contribution in [3.8, 4) is 0 Å². The van der Waals surface area contributed by atoms with E-state index in [-0.39, 0.29) is 35.7 Å². The van der Waals surface area contributed by atoms with Gasteiger partial charge in [0.15, 0.2) is 0 Å². The summed E-state index contributed by atoms with van der Waals surface area (Å²) in [6, 6.07) is 31.3. The molecule has 0 aromatic heterocycles. The highest BCUT2D eigenvalue weighted by Crippen LogP contribution is 2.37. The van der Waals surface area contributed by atoms with Crippen LogP contribution in [0, 0.1) is 0 Å². The Hall–Kier alpha value is -2.56. The van der Waals surface area contributed by atoms with E-state index in [1.165, 1.54) is 10.4 Å². The zero-order chi connectivity index (χ0) is 33.0. The van der Waals surface area contributed by atoms with E-state index in [0.29, 0.717) is 39.1 Å². The molecule has 246 valence electrons. The molecule has 1 heterocycles. The number of ether oxygens (including phenoxy) is 3. The van der Waals surface area contributed by atoms with Crippen LogP contribution in [0.3, 0.4) is 0 Å². The van der Waals surface area contributed by atoms with Gasteiger partial charge in [0.2, 0.25) is 0 Å². The maximum Gasteiger partial charge on any atom is 0.308 e. The first-order valence-corrected chi connectivity index (χ1v) is 19.6. The SMILES string of the molecule is C=C(CI)C[C@@H](CCO[Si](c1ccccc1)(c1ccccc1)C(C)(C)C)OC(=O)C[C@@H]1CC(=C)C[C@H](COCc2ccccc2)O1. The summed E-state index contributed by atoms with van der Waals surface area (Å²) in [6.07, 6.45) is 2.01. The summed E-state index contributed by atoms with van der Waals surface area (Å²) in [4.78, 5) is 13.3. The molecule has 46 heavy (non-hydrogen) atoms. The van der Waals surface area contributed by atoms with Gasteiger partial charge in [-0.1, -0.05) is 159 Å². The van der Waals surface area contributed by atoms with E-state index < -0.39 is 8.32 Å². The van der Waals surface area contributed by atoms with Gasteiger partial charge in [0, 0.05) is 23.9 Å². The topological polar surface area (TPSA) is 54.0 Å². The Morgan fingerprint density at radius 1 is 0.935 bits per heavy atom. The quantitative estimate of drug-likeness (QED) is 0.0489. The molecule has 4 rings (SSSR count). The van der Waals surface area contributed by atoms with Crippen molar-refractivity contribution in [3.63, 3.8) is 0 Å². The fourth-order valence-electron chi connectivity index (χ4n) is 6.30. The monoisotopic (exact) mass is 752 g/mol. The van der Waals surface area contributed by atoms with Gasteiger partial charge < -0.3 is 18.6 Å². The standard InChI is InChI=1S/C39H49IO5Si/c1-30-23-34(44-35(24-30)29-42-28-32-15-9-6-10-16-32)26-38(41)45-33(25-31(2)27-40)21-22-43-46(39(3,4)5,36-17-11-7-12-18-36)37-19-13-8-14-20-37/h6-20,33-35H,1-2,21-29H2,3-5H3/t33-,34+,35-/m1/s1. The highest BCUT2D eigenvalue weighted by molar-refractivity contribution is 14.1. The van der Waals surface area contributed by atoms with Crippen LogP contribution in [-0.2, 0) is 30.0 Å². The zero-order valence-electron chi connectivity index (χ0n) is 27.6. The summed E-state index contributed by atoms with van der Waals surface area (Å²) in [7, 11) is -2.69. The predicted molar refractivity (Wildman–Crippen MR) is 198 cm³/mol. The average Bonchev–Trinajstić information content (AvgIpc) is 3.03. The second kappa shape index (κ2) is 17.5. The molecule has 0 unspecified atom stereocenters. The molecule has 0 radical (unpaired) electrons.